The van der Waals surface area contributed by atoms with Gasteiger partial charge in [-0.05, 0) is 23.6 Å². The molecule has 0 bridgehead atoms. The summed E-state index contributed by atoms with van der Waals surface area (Å²) in [6, 6.07) is 14.3. The number of carbonyl (C=O) groups excluding carboxylic acids is 1. The Hall–Kier alpha value is -3.33. The minimum Gasteiger partial charge on any atom is -0.489 e. The number of hydrogen-bond donors (Lipinski definition) is 1. The fourth-order valence-corrected chi connectivity index (χ4v) is 4.39. The van der Waals surface area contributed by atoms with Crippen molar-refractivity contribution in [1.29, 1.82) is 0 Å². The molecule has 2 heterocycles. The van der Waals surface area contributed by atoms with Gasteiger partial charge in [-0.1, -0.05) is 44.2 Å². The number of nitrogens with zero attached hydrogens (tertiary/aromatic N) is 2. The molecular weight excluding hydrogens is 406 g/mol. The van der Waals surface area contributed by atoms with Crippen LogP contribution in [0.3, 0.4) is 0 Å². The first kappa shape index (κ1) is 20.0. The first-order valence-electron chi connectivity index (χ1n) is 9.44. The number of aromatic nitrogens is 2. The molecule has 0 radical (unpaired) electrons. The van der Waals surface area contributed by atoms with Crippen molar-refractivity contribution in [3.05, 3.63) is 66.1 Å². The number of hydrogen-bond acceptors (Lipinski definition) is 7. The summed E-state index contributed by atoms with van der Waals surface area (Å²) >= 11 is 0. The summed E-state index contributed by atoms with van der Waals surface area (Å²) in [5, 5.41) is 2.98. The Balaban J connectivity index is 1.60. The summed E-state index contributed by atoms with van der Waals surface area (Å²) in [7, 11) is -3.95. The van der Waals surface area contributed by atoms with Gasteiger partial charge in [0.25, 0.3) is 10.0 Å². The van der Waals surface area contributed by atoms with Gasteiger partial charge >= 0.3 is 5.97 Å². The lowest BCUT2D eigenvalue weighted by molar-refractivity contribution is 0.0454. The minimum absolute atomic E-state index is 0.0417. The standard InChI is InChI=1S/C21H21N3O5S/c1-14(2)11-29-21(25)19-20-23-17-9-8-16(28-12-15-6-4-3-5-7-15)10-18(17)30(26,27)24(20)13-22-19/h3-10,13-14,23H,11-12H2,1-2H3. The molecule has 1 aromatic heterocycles. The van der Waals surface area contributed by atoms with E-state index in [1.54, 1.807) is 12.1 Å². The second kappa shape index (κ2) is 7.83. The third-order valence-corrected chi connectivity index (χ3v) is 6.16. The van der Waals surface area contributed by atoms with Crippen molar-refractivity contribution in [1.82, 2.24) is 8.96 Å². The average Bonchev–Trinajstić information content (AvgIpc) is 3.16. The quantitative estimate of drug-likeness (QED) is 0.470. The fourth-order valence-electron chi connectivity index (χ4n) is 2.97. The second-order valence-electron chi connectivity index (χ2n) is 7.29. The highest BCUT2D eigenvalue weighted by Gasteiger charge is 2.34. The number of fused-ring (bicyclic) bond motifs is 2. The van der Waals surface area contributed by atoms with E-state index in [4.69, 9.17) is 9.47 Å². The van der Waals surface area contributed by atoms with Crippen LogP contribution < -0.4 is 10.1 Å². The molecule has 3 aromatic rings. The number of benzene rings is 2. The smallest absolute Gasteiger partial charge is 0.360 e. The highest BCUT2D eigenvalue weighted by molar-refractivity contribution is 7.90. The van der Waals surface area contributed by atoms with Gasteiger partial charge in [0.1, 0.15) is 23.6 Å². The van der Waals surface area contributed by atoms with Crippen molar-refractivity contribution in [2.45, 2.75) is 25.3 Å². The van der Waals surface area contributed by atoms with E-state index in [-0.39, 0.29) is 28.9 Å². The molecule has 8 nitrogen and oxygen atoms in total. The average molecular weight is 427 g/mol. The lowest BCUT2D eigenvalue weighted by atomic mass is 10.2. The van der Waals surface area contributed by atoms with Crippen LogP contribution in [0.25, 0.3) is 0 Å². The monoisotopic (exact) mass is 427 g/mol. The molecule has 0 saturated heterocycles. The molecule has 0 unspecified atom stereocenters. The van der Waals surface area contributed by atoms with Crippen LogP contribution in [0.4, 0.5) is 11.5 Å². The number of carbonyl (C=O) groups is 1. The van der Waals surface area contributed by atoms with Crippen LogP contribution in [0.1, 0.15) is 29.9 Å². The van der Waals surface area contributed by atoms with Gasteiger partial charge in [-0.3, -0.25) is 0 Å². The normalized spacial score (nSPS) is 13.8. The number of imidazole rings is 1. The summed E-state index contributed by atoms with van der Waals surface area (Å²) in [6.45, 7) is 4.35. The van der Waals surface area contributed by atoms with Crippen molar-refractivity contribution < 1.29 is 22.7 Å². The molecule has 30 heavy (non-hydrogen) atoms. The van der Waals surface area contributed by atoms with E-state index in [1.807, 2.05) is 44.2 Å². The van der Waals surface area contributed by atoms with Crippen molar-refractivity contribution in [2.75, 3.05) is 11.9 Å². The number of ether oxygens (including phenoxy) is 2. The molecule has 2 aromatic carbocycles. The molecule has 9 heteroatoms. The maximum absolute atomic E-state index is 13.1. The van der Waals surface area contributed by atoms with E-state index in [9.17, 15) is 13.2 Å². The highest BCUT2D eigenvalue weighted by atomic mass is 32.2. The molecule has 156 valence electrons. The predicted octanol–water partition coefficient (Wildman–Crippen LogP) is 3.57. The van der Waals surface area contributed by atoms with Crippen molar-refractivity contribution in [2.24, 2.45) is 5.92 Å². The molecule has 0 aliphatic carbocycles. The lowest BCUT2D eigenvalue weighted by Gasteiger charge is -2.21. The zero-order valence-electron chi connectivity index (χ0n) is 16.5. The van der Waals surface area contributed by atoms with Gasteiger partial charge in [0.15, 0.2) is 11.5 Å². The number of nitrogens with one attached hydrogen (secondary N) is 1. The SMILES string of the molecule is CC(C)COC(=O)c1ncn2c1Nc1ccc(OCc3ccccc3)cc1S2(=O)=O. The van der Waals surface area contributed by atoms with Gasteiger partial charge in [0, 0.05) is 6.07 Å². The Bertz CT molecular complexity index is 1190. The van der Waals surface area contributed by atoms with Crippen LogP contribution in [-0.2, 0) is 21.4 Å². The topological polar surface area (TPSA) is 99.5 Å². The van der Waals surface area contributed by atoms with E-state index in [0.29, 0.717) is 18.0 Å². The summed E-state index contributed by atoms with van der Waals surface area (Å²) in [4.78, 5) is 16.3. The largest absolute Gasteiger partial charge is 0.489 e. The minimum atomic E-state index is -3.95. The molecular formula is C21H21N3O5S. The molecule has 0 amide bonds. The van der Waals surface area contributed by atoms with Crippen LogP contribution in [0.5, 0.6) is 5.75 Å². The van der Waals surface area contributed by atoms with Gasteiger partial charge in [-0.2, -0.15) is 0 Å². The molecule has 0 saturated carbocycles. The van der Waals surface area contributed by atoms with Crippen LogP contribution in [0.15, 0.2) is 59.8 Å². The van der Waals surface area contributed by atoms with Crippen LogP contribution >= 0.6 is 0 Å². The van der Waals surface area contributed by atoms with E-state index in [2.05, 4.69) is 10.3 Å². The molecule has 0 atom stereocenters. The molecule has 1 aliphatic rings. The fraction of sp³-hybridized carbons (Fsp3) is 0.238. The van der Waals surface area contributed by atoms with Gasteiger partial charge < -0.3 is 14.8 Å². The molecule has 4 rings (SSSR count). The third kappa shape index (κ3) is 3.76. The lowest BCUT2D eigenvalue weighted by Crippen LogP contribution is -2.22. The molecule has 0 spiro atoms. The Kier molecular flexibility index (Phi) is 5.21. The highest BCUT2D eigenvalue weighted by Crippen LogP contribution is 2.37. The van der Waals surface area contributed by atoms with Crippen LogP contribution in [0.2, 0.25) is 0 Å². The molecule has 1 aliphatic heterocycles. The number of rotatable bonds is 6. The summed E-state index contributed by atoms with van der Waals surface area (Å²) in [6.07, 6.45) is 1.10. The third-order valence-electron chi connectivity index (χ3n) is 4.47. The van der Waals surface area contributed by atoms with Gasteiger partial charge in [-0.15, -0.1) is 0 Å². The van der Waals surface area contributed by atoms with Gasteiger partial charge in [-0.25, -0.2) is 22.2 Å². The maximum Gasteiger partial charge on any atom is 0.360 e. The maximum atomic E-state index is 13.1. The summed E-state index contributed by atoms with van der Waals surface area (Å²) in [5.74, 6) is -0.0390. The van der Waals surface area contributed by atoms with Crippen molar-refractivity contribution in [3.8, 4) is 5.75 Å². The predicted molar refractivity (Wildman–Crippen MR) is 110 cm³/mol. The first-order chi connectivity index (χ1) is 14.4. The Morgan fingerprint density at radius 3 is 2.67 bits per heavy atom. The second-order valence-corrected chi connectivity index (χ2v) is 9.08. The number of anilines is 2. The Labute approximate surface area is 174 Å². The van der Waals surface area contributed by atoms with Crippen LogP contribution in [0, 0.1) is 5.92 Å². The van der Waals surface area contributed by atoms with E-state index < -0.39 is 16.0 Å². The van der Waals surface area contributed by atoms with E-state index in [1.165, 1.54) is 6.07 Å². The van der Waals surface area contributed by atoms with Gasteiger partial charge in [0.05, 0.1) is 12.3 Å². The number of esters is 1. The molecule has 0 fully saturated rings. The zero-order chi connectivity index (χ0) is 21.3. The van der Waals surface area contributed by atoms with E-state index >= 15 is 0 Å². The Morgan fingerprint density at radius 2 is 1.93 bits per heavy atom. The van der Waals surface area contributed by atoms with Crippen molar-refractivity contribution in [3.63, 3.8) is 0 Å². The van der Waals surface area contributed by atoms with Crippen LogP contribution in [-0.4, -0.2) is 30.0 Å². The van der Waals surface area contributed by atoms with E-state index in [0.717, 1.165) is 15.9 Å². The summed E-state index contributed by atoms with van der Waals surface area (Å²) < 4.78 is 38.1. The molecule has 1 N–H and O–H groups in total. The first-order valence-corrected chi connectivity index (χ1v) is 10.9. The van der Waals surface area contributed by atoms with Gasteiger partial charge in [0.2, 0.25) is 0 Å². The van der Waals surface area contributed by atoms with Crippen molar-refractivity contribution >= 4 is 27.5 Å². The summed E-state index contributed by atoms with van der Waals surface area (Å²) in [5.41, 5.74) is 1.24. The zero-order valence-corrected chi connectivity index (χ0v) is 17.3. The Morgan fingerprint density at radius 1 is 1.17 bits per heavy atom.